The molecule has 3 aliphatic rings. The zero-order valence-corrected chi connectivity index (χ0v) is 19.6. The molecule has 0 saturated heterocycles. The Morgan fingerprint density at radius 1 is 1.00 bits per heavy atom. The molecule has 2 fully saturated rings. The van der Waals surface area contributed by atoms with Gasteiger partial charge in [0, 0.05) is 18.5 Å². The first-order valence-corrected chi connectivity index (χ1v) is 13.3. The van der Waals surface area contributed by atoms with Gasteiger partial charge in [-0.2, -0.15) is 0 Å². The summed E-state index contributed by atoms with van der Waals surface area (Å²) in [6.45, 7) is 0. The molecule has 0 atom stereocenters. The fourth-order valence-corrected chi connectivity index (χ4v) is 6.51. The van der Waals surface area contributed by atoms with Gasteiger partial charge in [-0.15, -0.1) is 10.2 Å². The summed E-state index contributed by atoms with van der Waals surface area (Å²) in [7, 11) is -2.44. The summed E-state index contributed by atoms with van der Waals surface area (Å²) in [5.41, 5.74) is 0.458. The lowest BCUT2D eigenvalue weighted by Gasteiger charge is -2.30. The lowest BCUT2D eigenvalue weighted by atomic mass is 9.89. The Morgan fingerprint density at radius 2 is 1.67 bits per heavy atom. The first kappa shape index (κ1) is 22.1. The van der Waals surface area contributed by atoms with Crippen LogP contribution in [0.1, 0.15) is 87.5 Å². The molecule has 0 amide bonds. The zero-order valence-electron chi connectivity index (χ0n) is 18.8. The molecule has 1 aromatic heterocycles. The summed E-state index contributed by atoms with van der Waals surface area (Å²) in [5, 5.41) is 8.45. The maximum absolute atomic E-state index is 13.3. The third kappa shape index (κ3) is 4.07. The molecule has 2 saturated carbocycles. The highest BCUT2D eigenvalue weighted by molar-refractivity contribution is 7.89. The van der Waals surface area contributed by atoms with Gasteiger partial charge in [-0.25, -0.2) is 8.42 Å². The molecular weight excluding hydrogens is 442 g/mol. The number of nitrogens with zero attached hydrogens (tertiary/aromatic N) is 3. The van der Waals surface area contributed by atoms with E-state index in [-0.39, 0.29) is 40.0 Å². The van der Waals surface area contributed by atoms with Crippen LogP contribution in [0.15, 0.2) is 33.6 Å². The quantitative estimate of drug-likeness (QED) is 0.596. The van der Waals surface area contributed by atoms with E-state index < -0.39 is 10.0 Å². The number of fused-ring (bicyclic) bond motifs is 1. The highest BCUT2D eigenvalue weighted by Crippen LogP contribution is 2.42. The molecule has 0 N–H and O–H groups in total. The molecule has 1 aromatic carbocycles. The van der Waals surface area contributed by atoms with Crippen molar-refractivity contribution in [1.82, 2.24) is 14.5 Å². The molecule has 0 radical (unpaired) electrons. The Kier molecular flexibility index (Phi) is 5.99. The van der Waals surface area contributed by atoms with Crippen molar-refractivity contribution in [1.29, 1.82) is 0 Å². The average molecular weight is 472 g/mol. The van der Waals surface area contributed by atoms with Crippen molar-refractivity contribution in [3.63, 3.8) is 0 Å². The standard InChI is InChI=1S/C24H29N3O5S/c1-27-20(23-26-25-22(32-23)16-10-4-2-5-11-16)21(31-24(28)17-12-6-3-7-13-17)18-14-8-9-15-19(18)33(27,29)30/h8-9,14-17H,2-7,10-13H2,1H3. The van der Waals surface area contributed by atoms with Crippen molar-refractivity contribution in [2.75, 3.05) is 7.05 Å². The second-order valence-corrected chi connectivity index (χ2v) is 11.1. The Balaban J connectivity index is 1.60. The largest absolute Gasteiger partial charge is 0.423 e. The summed E-state index contributed by atoms with van der Waals surface area (Å²) >= 11 is 0. The Bertz CT molecular complexity index is 1170. The van der Waals surface area contributed by atoms with Gasteiger partial charge in [-0.1, -0.05) is 50.7 Å². The average Bonchev–Trinajstić information content (AvgIpc) is 3.34. The molecule has 0 spiro atoms. The molecule has 9 heteroatoms. The molecular formula is C24H29N3O5S. The monoisotopic (exact) mass is 471 g/mol. The number of esters is 1. The van der Waals surface area contributed by atoms with Crippen LogP contribution in [0.5, 0.6) is 0 Å². The van der Waals surface area contributed by atoms with Crippen molar-refractivity contribution < 1.29 is 22.4 Å². The fraction of sp³-hybridized carbons (Fsp3) is 0.542. The van der Waals surface area contributed by atoms with Gasteiger partial charge in [0.15, 0.2) is 11.5 Å². The van der Waals surface area contributed by atoms with E-state index in [0.717, 1.165) is 62.1 Å². The molecule has 8 nitrogen and oxygen atoms in total. The molecule has 176 valence electrons. The second-order valence-electron chi connectivity index (χ2n) is 9.18. The fourth-order valence-electron chi connectivity index (χ4n) is 5.12. The zero-order chi connectivity index (χ0) is 23.0. The summed E-state index contributed by atoms with van der Waals surface area (Å²) < 4.78 is 39.6. The van der Waals surface area contributed by atoms with E-state index in [2.05, 4.69) is 10.2 Å². The van der Waals surface area contributed by atoms with Gasteiger partial charge in [0.1, 0.15) is 0 Å². The van der Waals surface area contributed by atoms with E-state index in [1.54, 1.807) is 18.2 Å². The predicted molar refractivity (Wildman–Crippen MR) is 121 cm³/mol. The highest BCUT2D eigenvalue weighted by Gasteiger charge is 2.40. The second kappa shape index (κ2) is 8.93. The van der Waals surface area contributed by atoms with Crippen LogP contribution in [-0.4, -0.2) is 35.9 Å². The third-order valence-corrected chi connectivity index (χ3v) is 8.85. The van der Waals surface area contributed by atoms with Crippen LogP contribution in [-0.2, 0) is 19.6 Å². The van der Waals surface area contributed by atoms with Crippen molar-refractivity contribution in [2.24, 2.45) is 5.92 Å². The Hall–Kier alpha value is -2.68. The minimum Gasteiger partial charge on any atom is -0.423 e. The Labute approximate surface area is 194 Å². The van der Waals surface area contributed by atoms with E-state index in [1.165, 1.54) is 19.5 Å². The smallest absolute Gasteiger partial charge is 0.314 e. The lowest BCUT2D eigenvalue weighted by molar-refractivity contribution is -0.142. The van der Waals surface area contributed by atoms with Gasteiger partial charge >= 0.3 is 5.97 Å². The van der Waals surface area contributed by atoms with Crippen LogP contribution in [0.2, 0.25) is 0 Å². The molecule has 2 heterocycles. The van der Waals surface area contributed by atoms with Crippen LogP contribution in [0, 0.1) is 5.92 Å². The minimum atomic E-state index is -3.87. The van der Waals surface area contributed by atoms with Crippen LogP contribution in [0.25, 0.3) is 11.5 Å². The van der Waals surface area contributed by atoms with Crippen molar-refractivity contribution in [3.05, 3.63) is 41.6 Å². The number of rotatable bonds is 4. The van der Waals surface area contributed by atoms with Gasteiger partial charge in [0.25, 0.3) is 15.9 Å². The first-order valence-electron chi connectivity index (χ1n) is 11.8. The SMILES string of the molecule is CN1C(c2nnc(C3CCCCC3)o2)=C(OC(=O)C2CCCCC2)c2ccccc2S1(=O)=O. The van der Waals surface area contributed by atoms with Gasteiger partial charge in [0.2, 0.25) is 5.89 Å². The summed E-state index contributed by atoms with van der Waals surface area (Å²) in [5.74, 6) is 0.382. The molecule has 0 unspecified atom stereocenters. The van der Waals surface area contributed by atoms with Gasteiger partial charge < -0.3 is 9.15 Å². The minimum absolute atomic E-state index is 0.0580. The van der Waals surface area contributed by atoms with E-state index in [1.807, 2.05) is 0 Å². The molecule has 0 bridgehead atoms. The molecule has 2 aromatic rings. The maximum Gasteiger partial charge on any atom is 0.314 e. The normalized spacial score (nSPS) is 21.7. The lowest BCUT2D eigenvalue weighted by Crippen LogP contribution is -2.32. The van der Waals surface area contributed by atoms with E-state index >= 15 is 0 Å². The van der Waals surface area contributed by atoms with E-state index in [9.17, 15) is 13.2 Å². The van der Waals surface area contributed by atoms with Crippen molar-refractivity contribution in [2.45, 2.75) is 75.0 Å². The van der Waals surface area contributed by atoms with Crippen molar-refractivity contribution >= 4 is 27.4 Å². The number of benzene rings is 1. The van der Waals surface area contributed by atoms with E-state index in [0.29, 0.717) is 11.5 Å². The number of sulfonamides is 1. The molecule has 5 rings (SSSR count). The summed E-state index contributed by atoms with van der Waals surface area (Å²) in [4.78, 5) is 13.2. The topological polar surface area (TPSA) is 103 Å². The summed E-state index contributed by atoms with van der Waals surface area (Å²) in [6, 6.07) is 6.56. The number of carbonyl (C=O) groups excluding carboxylic acids is 1. The first-order chi connectivity index (χ1) is 16.0. The van der Waals surface area contributed by atoms with Crippen LogP contribution < -0.4 is 0 Å². The van der Waals surface area contributed by atoms with Crippen LogP contribution >= 0.6 is 0 Å². The number of carbonyl (C=O) groups is 1. The van der Waals surface area contributed by atoms with E-state index in [4.69, 9.17) is 9.15 Å². The number of ether oxygens (including phenoxy) is 1. The number of hydrogen-bond donors (Lipinski definition) is 0. The van der Waals surface area contributed by atoms with Crippen LogP contribution in [0.3, 0.4) is 0 Å². The molecule has 1 aliphatic heterocycles. The molecule has 2 aliphatic carbocycles. The van der Waals surface area contributed by atoms with Crippen molar-refractivity contribution in [3.8, 4) is 0 Å². The third-order valence-electron chi connectivity index (χ3n) is 7.04. The maximum atomic E-state index is 13.3. The Morgan fingerprint density at radius 3 is 2.39 bits per heavy atom. The predicted octanol–water partition coefficient (Wildman–Crippen LogP) is 4.70. The highest BCUT2D eigenvalue weighted by atomic mass is 32.2. The number of aromatic nitrogens is 2. The van der Waals surface area contributed by atoms with Gasteiger partial charge in [-0.05, 0) is 37.8 Å². The van der Waals surface area contributed by atoms with Crippen LogP contribution in [0.4, 0.5) is 0 Å². The van der Waals surface area contributed by atoms with Gasteiger partial charge in [0.05, 0.1) is 10.8 Å². The van der Waals surface area contributed by atoms with Gasteiger partial charge in [-0.3, -0.25) is 9.10 Å². The number of hydrogen-bond acceptors (Lipinski definition) is 7. The summed E-state index contributed by atoms with van der Waals surface area (Å²) in [6.07, 6.45) is 10.0. The molecule has 33 heavy (non-hydrogen) atoms.